The number of nitrogens with zero attached hydrogens (tertiary/aromatic N) is 2. The van der Waals surface area contributed by atoms with Gasteiger partial charge in [0, 0.05) is 46.0 Å². The molecule has 5 aromatic rings. The van der Waals surface area contributed by atoms with Gasteiger partial charge >= 0.3 is 0 Å². The van der Waals surface area contributed by atoms with Gasteiger partial charge < -0.3 is 20.2 Å². The highest BCUT2D eigenvalue weighted by Gasteiger charge is 2.12. The summed E-state index contributed by atoms with van der Waals surface area (Å²) in [6.45, 7) is 6.45. The number of fused-ring (bicyclic) bond motifs is 2. The standard InChI is InChI=1S/C27H29N5O2/c1-16(2)34-22-5-7-26-25(11-22)20(13-30-26)8-21(28)15-33-23-9-19(12-29-14-23)18-4-6-27-24(10-18)17(3)31-32-27/h4-7,9-14,16,21,30H,8,15,28H2,1-3H3,(H,31,32)/t21-/m0/s1. The monoisotopic (exact) mass is 455 g/mol. The molecule has 5 rings (SSSR count). The summed E-state index contributed by atoms with van der Waals surface area (Å²) in [5, 5.41) is 9.55. The summed E-state index contributed by atoms with van der Waals surface area (Å²) in [6.07, 6.45) is 6.39. The second kappa shape index (κ2) is 9.19. The SMILES string of the molecule is Cc1[nH]nc2ccc(-c3cncc(OC[C@@H](N)Cc4c[nH]c5ccc(OC(C)C)cc45)c3)cc12. The highest BCUT2D eigenvalue weighted by atomic mass is 16.5. The van der Waals surface area contributed by atoms with Crippen LogP contribution in [0.15, 0.2) is 61.1 Å². The average molecular weight is 456 g/mol. The van der Waals surface area contributed by atoms with Gasteiger partial charge in [0.25, 0.3) is 0 Å². The zero-order chi connectivity index (χ0) is 23.7. The van der Waals surface area contributed by atoms with Gasteiger partial charge in [0.05, 0.1) is 17.8 Å². The number of H-pyrrole nitrogens is 2. The molecule has 0 aliphatic rings. The summed E-state index contributed by atoms with van der Waals surface area (Å²) >= 11 is 0. The van der Waals surface area contributed by atoms with Crippen LogP contribution in [0.25, 0.3) is 32.9 Å². The van der Waals surface area contributed by atoms with Crippen molar-refractivity contribution < 1.29 is 9.47 Å². The summed E-state index contributed by atoms with van der Waals surface area (Å²) in [4.78, 5) is 7.69. The Morgan fingerprint density at radius 3 is 2.71 bits per heavy atom. The Bertz CT molecular complexity index is 1440. The Hall–Kier alpha value is -3.84. The molecule has 0 saturated carbocycles. The molecule has 7 nitrogen and oxygen atoms in total. The van der Waals surface area contributed by atoms with Crippen molar-refractivity contribution in [2.24, 2.45) is 5.73 Å². The number of aromatic nitrogens is 4. The quantitative estimate of drug-likeness (QED) is 0.300. The molecule has 0 radical (unpaired) electrons. The van der Waals surface area contributed by atoms with E-state index in [1.54, 1.807) is 6.20 Å². The third-order valence-corrected chi connectivity index (χ3v) is 5.85. The van der Waals surface area contributed by atoms with Gasteiger partial charge in [-0.15, -0.1) is 0 Å². The minimum absolute atomic E-state index is 0.130. The number of pyridine rings is 1. The Labute approximate surface area is 198 Å². The molecule has 174 valence electrons. The first-order chi connectivity index (χ1) is 16.5. The van der Waals surface area contributed by atoms with E-state index in [0.717, 1.165) is 49.9 Å². The number of rotatable bonds is 8. The van der Waals surface area contributed by atoms with Crippen molar-refractivity contribution >= 4 is 21.8 Å². The fraction of sp³-hybridized carbons (Fsp3) is 0.259. The summed E-state index contributed by atoms with van der Waals surface area (Å²) in [5.41, 5.74) is 12.7. The highest BCUT2D eigenvalue weighted by Crippen LogP contribution is 2.28. The molecule has 0 fully saturated rings. The molecule has 0 bridgehead atoms. The Balaban J connectivity index is 1.27. The molecule has 3 aromatic heterocycles. The molecule has 34 heavy (non-hydrogen) atoms. The third-order valence-electron chi connectivity index (χ3n) is 5.85. The fourth-order valence-electron chi connectivity index (χ4n) is 4.19. The number of aryl methyl sites for hydroxylation is 1. The molecule has 0 aliphatic carbocycles. The zero-order valence-electron chi connectivity index (χ0n) is 19.6. The van der Waals surface area contributed by atoms with E-state index < -0.39 is 0 Å². The topological polar surface area (TPSA) is 102 Å². The lowest BCUT2D eigenvalue weighted by molar-refractivity contribution is 0.243. The van der Waals surface area contributed by atoms with Crippen molar-refractivity contribution in [3.8, 4) is 22.6 Å². The summed E-state index contributed by atoms with van der Waals surface area (Å²) in [7, 11) is 0. The van der Waals surface area contributed by atoms with E-state index in [2.05, 4.69) is 32.3 Å². The van der Waals surface area contributed by atoms with Crippen LogP contribution < -0.4 is 15.2 Å². The van der Waals surface area contributed by atoms with Crippen molar-refractivity contribution in [1.29, 1.82) is 0 Å². The van der Waals surface area contributed by atoms with Crippen molar-refractivity contribution in [2.45, 2.75) is 39.3 Å². The van der Waals surface area contributed by atoms with Gasteiger partial charge in [0.1, 0.15) is 18.1 Å². The molecule has 0 unspecified atom stereocenters. The van der Waals surface area contributed by atoms with E-state index in [9.17, 15) is 0 Å². The number of hydrogen-bond donors (Lipinski definition) is 3. The molecule has 0 aliphatic heterocycles. The molecule has 3 heterocycles. The number of aromatic amines is 2. The van der Waals surface area contributed by atoms with Gasteiger partial charge in [-0.2, -0.15) is 5.10 Å². The van der Waals surface area contributed by atoms with E-state index in [1.807, 2.05) is 63.5 Å². The van der Waals surface area contributed by atoms with Gasteiger partial charge in [-0.05, 0) is 74.7 Å². The van der Waals surface area contributed by atoms with Gasteiger partial charge in [-0.25, -0.2) is 0 Å². The number of benzene rings is 2. The van der Waals surface area contributed by atoms with E-state index in [4.69, 9.17) is 15.2 Å². The third kappa shape index (κ3) is 4.61. The lowest BCUT2D eigenvalue weighted by Gasteiger charge is -2.14. The zero-order valence-corrected chi connectivity index (χ0v) is 19.6. The van der Waals surface area contributed by atoms with Gasteiger partial charge in [0.15, 0.2) is 0 Å². The molecule has 0 amide bonds. The number of nitrogens with one attached hydrogen (secondary N) is 2. The number of nitrogens with two attached hydrogens (primary N) is 1. The molecule has 0 saturated heterocycles. The molecule has 2 aromatic carbocycles. The van der Waals surface area contributed by atoms with Gasteiger partial charge in [-0.3, -0.25) is 10.1 Å². The van der Waals surface area contributed by atoms with E-state index in [1.165, 1.54) is 0 Å². The number of ether oxygens (including phenoxy) is 2. The maximum atomic E-state index is 6.44. The minimum Gasteiger partial charge on any atom is -0.491 e. The first-order valence-electron chi connectivity index (χ1n) is 11.5. The Morgan fingerprint density at radius 1 is 0.971 bits per heavy atom. The fourth-order valence-corrected chi connectivity index (χ4v) is 4.19. The van der Waals surface area contributed by atoms with Crippen LogP contribution in [0.4, 0.5) is 0 Å². The maximum Gasteiger partial charge on any atom is 0.138 e. The van der Waals surface area contributed by atoms with E-state index in [-0.39, 0.29) is 12.1 Å². The van der Waals surface area contributed by atoms with Crippen LogP contribution in [0.5, 0.6) is 11.5 Å². The molecular weight excluding hydrogens is 426 g/mol. The molecule has 1 atom stereocenters. The lowest BCUT2D eigenvalue weighted by Crippen LogP contribution is -2.30. The van der Waals surface area contributed by atoms with Crippen LogP contribution in [-0.4, -0.2) is 38.9 Å². The smallest absolute Gasteiger partial charge is 0.138 e. The van der Waals surface area contributed by atoms with Crippen molar-refractivity contribution in [1.82, 2.24) is 20.2 Å². The van der Waals surface area contributed by atoms with Crippen molar-refractivity contribution in [3.05, 3.63) is 72.3 Å². The van der Waals surface area contributed by atoms with Crippen molar-refractivity contribution in [2.75, 3.05) is 6.61 Å². The Morgan fingerprint density at radius 2 is 1.85 bits per heavy atom. The number of hydrogen-bond acceptors (Lipinski definition) is 5. The van der Waals surface area contributed by atoms with E-state index >= 15 is 0 Å². The summed E-state index contributed by atoms with van der Waals surface area (Å²) in [5.74, 6) is 1.56. The van der Waals surface area contributed by atoms with Crippen LogP contribution in [-0.2, 0) is 6.42 Å². The Kier molecular flexibility index (Phi) is 5.94. The van der Waals surface area contributed by atoms with Crippen LogP contribution >= 0.6 is 0 Å². The molecular formula is C27H29N5O2. The predicted octanol–water partition coefficient (Wildman–Crippen LogP) is 5.15. The average Bonchev–Trinajstić information content (AvgIpc) is 3.40. The molecule has 4 N–H and O–H groups in total. The minimum atomic E-state index is -0.165. The first kappa shape index (κ1) is 22.0. The van der Waals surface area contributed by atoms with E-state index in [0.29, 0.717) is 18.8 Å². The van der Waals surface area contributed by atoms with Crippen LogP contribution in [0.3, 0.4) is 0 Å². The van der Waals surface area contributed by atoms with Crippen LogP contribution in [0, 0.1) is 6.92 Å². The largest absolute Gasteiger partial charge is 0.491 e. The molecule has 7 heteroatoms. The highest BCUT2D eigenvalue weighted by molar-refractivity contribution is 5.86. The van der Waals surface area contributed by atoms with Crippen LogP contribution in [0.1, 0.15) is 25.1 Å². The summed E-state index contributed by atoms with van der Waals surface area (Å²) in [6, 6.07) is 14.1. The van der Waals surface area contributed by atoms with Crippen molar-refractivity contribution in [3.63, 3.8) is 0 Å². The van der Waals surface area contributed by atoms with Crippen LogP contribution in [0.2, 0.25) is 0 Å². The predicted molar refractivity (Wildman–Crippen MR) is 135 cm³/mol. The normalized spacial score (nSPS) is 12.5. The molecule has 0 spiro atoms. The summed E-state index contributed by atoms with van der Waals surface area (Å²) < 4.78 is 11.9. The van der Waals surface area contributed by atoms with Gasteiger partial charge in [0.2, 0.25) is 0 Å². The first-order valence-corrected chi connectivity index (χ1v) is 11.5. The second-order valence-corrected chi connectivity index (χ2v) is 8.95. The lowest BCUT2D eigenvalue weighted by atomic mass is 10.0. The maximum absolute atomic E-state index is 6.44. The van der Waals surface area contributed by atoms with Gasteiger partial charge in [-0.1, -0.05) is 6.07 Å². The second-order valence-electron chi connectivity index (χ2n) is 8.95.